The van der Waals surface area contributed by atoms with Gasteiger partial charge in [0.05, 0.1) is 6.54 Å². The van der Waals surface area contributed by atoms with Crippen LogP contribution in [0.15, 0.2) is 24.3 Å². The van der Waals surface area contributed by atoms with Crippen molar-refractivity contribution in [2.75, 3.05) is 45.9 Å². The van der Waals surface area contributed by atoms with Gasteiger partial charge in [-0.3, -0.25) is 19.3 Å². The van der Waals surface area contributed by atoms with E-state index in [0.29, 0.717) is 44.0 Å². The van der Waals surface area contributed by atoms with Crippen molar-refractivity contribution in [3.63, 3.8) is 0 Å². The van der Waals surface area contributed by atoms with Gasteiger partial charge in [-0.1, -0.05) is 0 Å². The maximum atomic E-state index is 12.4. The van der Waals surface area contributed by atoms with Crippen molar-refractivity contribution in [1.29, 1.82) is 0 Å². The van der Waals surface area contributed by atoms with Gasteiger partial charge < -0.3 is 15.0 Å². The number of nitrogens with zero attached hydrogens (tertiary/aromatic N) is 2. The Hall–Kier alpha value is -2.41. The third-order valence-corrected chi connectivity index (χ3v) is 4.31. The molecule has 7 heteroatoms. The maximum absolute atomic E-state index is 12.4. The molecule has 26 heavy (non-hydrogen) atoms. The molecule has 1 aliphatic rings. The van der Waals surface area contributed by atoms with Crippen LogP contribution in [0.2, 0.25) is 0 Å². The zero-order valence-corrected chi connectivity index (χ0v) is 15.5. The Morgan fingerprint density at radius 1 is 1.08 bits per heavy atom. The number of rotatable bonds is 7. The summed E-state index contributed by atoms with van der Waals surface area (Å²) >= 11 is 0. The van der Waals surface area contributed by atoms with Crippen LogP contribution in [0, 0.1) is 0 Å². The van der Waals surface area contributed by atoms with Crippen LogP contribution in [0.25, 0.3) is 0 Å². The van der Waals surface area contributed by atoms with Gasteiger partial charge in [0.15, 0.2) is 12.4 Å². The van der Waals surface area contributed by atoms with E-state index in [1.165, 1.54) is 6.92 Å². The molecular weight excluding hydrogens is 334 g/mol. The van der Waals surface area contributed by atoms with Crippen LogP contribution in [0.3, 0.4) is 0 Å². The largest absolute Gasteiger partial charge is 0.484 e. The third kappa shape index (κ3) is 6.15. The smallest absolute Gasteiger partial charge is 0.260 e. The molecule has 0 saturated carbocycles. The lowest BCUT2D eigenvalue weighted by atomic mass is 10.1. The van der Waals surface area contributed by atoms with Crippen LogP contribution >= 0.6 is 0 Å². The normalized spacial score (nSPS) is 15.2. The summed E-state index contributed by atoms with van der Waals surface area (Å²) in [7, 11) is 0. The van der Waals surface area contributed by atoms with Crippen molar-refractivity contribution in [2.45, 2.75) is 20.3 Å². The molecule has 1 fully saturated rings. The van der Waals surface area contributed by atoms with Gasteiger partial charge in [-0.05, 0) is 44.5 Å². The van der Waals surface area contributed by atoms with E-state index in [0.717, 1.165) is 13.0 Å². The number of likely N-dealkylation sites (N-methyl/N-ethyl adjacent to an activating group) is 1. The van der Waals surface area contributed by atoms with Crippen molar-refractivity contribution in [2.24, 2.45) is 0 Å². The Morgan fingerprint density at radius 3 is 2.46 bits per heavy atom. The van der Waals surface area contributed by atoms with Crippen molar-refractivity contribution in [3.05, 3.63) is 29.8 Å². The van der Waals surface area contributed by atoms with Gasteiger partial charge in [-0.2, -0.15) is 0 Å². The molecule has 1 aromatic rings. The minimum Gasteiger partial charge on any atom is -0.484 e. The lowest BCUT2D eigenvalue weighted by Gasteiger charge is -2.21. The van der Waals surface area contributed by atoms with Crippen molar-refractivity contribution in [1.82, 2.24) is 15.1 Å². The summed E-state index contributed by atoms with van der Waals surface area (Å²) in [5.41, 5.74) is 0.614. The number of nitrogens with one attached hydrogen (secondary N) is 1. The summed E-state index contributed by atoms with van der Waals surface area (Å²) < 4.78 is 5.54. The average molecular weight is 361 g/mol. The molecule has 0 radical (unpaired) electrons. The summed E-state index contributed by atoms with van der Waals surface area (Å²) in [4.78, 5) is 39.2. The highest BCUT2D eigenvalue weighted by Gasteiger charge is 2.20. The van der Waals surface area contributed by atoms with E-state index in [9.17, 15) is 14.4 Å². The number of hydrogen-bond donors (Lipinski definition) is 1. The van der Waals surface area contributed by atoms with Crippen molar-refractivity contribution in [3.8, 4) is 5.75 Å². The molecule has 2 amide bonds. The highest BCUT2D eigenvalue weighted by atomic mass is 16.5. The first-order valence-electron chi connectivity index (χ1n) is 9.00. The Bertz CT molecular complexity index is 630. The minimum absolute atomic E-state index is 0.00522. The molecule has 0 unspecified atom stereocenters. The summed E-state index contributed by atoms with van der Waals surface area (Å²) in [5.74, 6) is 0.510. The van der Waals surface area contributed by atoms with Gasteiger partial charge in [0, 0.05) is 38.3 Å². The molecule has 1 aromatic carbocycles. The molecule has 1 N–H and O–H groups in total. The molecule has 0 spiro atoms. The molecule has 7 nitrogen and oxygen atoms in total. The van der Waals surface area contributed by atoms with E-state index in [1.54, 1.807) is 29.2 Å². The number of Topliss-reactive ketones (excluding diaryl/α,β-unsaturated/α-hetero) is 1. The first-order valence-corrected chi connectivity index (χ1v) is 9.00. The van der Waals surface area contributed by atoms with Crippen LogP contribution in [0.5, 0.6) is 5.75 Å². The van der Waals surface area contributed by atoms with E-state index >= 15 is 0 Å². The van der Waals surface area contributed by atoms with Crippen LogP contribution in [-0.2, 0) is 9.59 Å². The number of amides is 2. The standard InChI is InChI=1S/C19H27N3O4/c1-3-20-18(24)13-21-9-4-10-22(12-11-21)19(25)14-26-17-7-5-16(6-8-17)15(2)23/h5-8H,3-4,9-14H2,1-2H3,(H,20,24). The fourth-order valence-corrected chi connectivity index (χ4v) is 2.86. The van der Waals surface area contributed by atoms with Crippen LogP contribution < -0.4 is 10.1 Å². The Morgan fingerprint density at radius 2 is 1.81 bits per heavy atom. The molecule has 1 saturated heterocycles. The van der Waals surface area contributed by atoms with Gasteiger partial charge >= 0.3 is 0 Å². The average Bonchev–Trinajstić information content (AvgIpc) is 2.86. The minimum atomic E-state index is -0.0690. The molecule has 1 aliphatic heterocycles. The Balaban J connectivity index is 1.78. The fourth-order valence-electron chi connectivity index (χ4n) is 2.86. The molecule has 0 aliphatic carbocycles. The van der Waals surface area contributed by atoms with Gasteiger partial charge in [-0.25, -0.2) is 0 Å². The second kappa shape index (κ2) is 9.91. The van der Waals surface area contributed by atoms with Crippen LogP contribution in [-0.4, -0.2) is 73.3 Å². The fraction of sp³-hybridized carbons (Fsp3) is 0.526. The Labute approximate surface area is 154 Å². The van der Waals surface area contributed by atoms with Crippen LogP contribution in [0.1, 0.15) is 30.6 Å². The number of ether oxygens (including phenoxy) is 1. The Kier molecular flexibility index (Phi) is 7.59. The second-order valence-corrected chi connectivity index (χ2v) is 6.33. The van der Waals surface area contributed by atoms with E-state index in [2.05, 4.69) is 10.2 Å². The molecule has 0 bridgehead atoms. The number of benzene rings is 1. The maximum Gasteiger partial charge on any atom is 0.260 e. The molecule has 0 atom stereocenters. The van der Waals surface area contributed by atoms with E-state index < -0.39 is 0 Å². The third-order valence-electron chi connectivity index (χ3n) is 4.31. The highest BCUT2D eigenvalue weighted by Crippen LogP contribution is 2.13. The second-order valence-electron chi connectivity index (χ2n) is 6.33. The van der Waals surface area contributed by atoms with Gasteiger partial charge in [0.2, 0.25) is 5.91 Å². The number of ketones is 1. The highest BCUT2D eigenvalue weighted by molar-refractivity contribution is 5.94. The first kappa shape index (κ1) is 19.9. The summed E-state index contributed by atoms with van der Waals surface area (Å²) in [6, 6.07) is 6.77. The quantitative estimate of drug-likeness (QED) is 0.731. The number of carbonyl (C=O) groups is 3. The van der Waals surface area contributed by atoms with Gasteiger partial charge in [0.25, 0.3) is 5.91 Å². The topological polar surface area (TPSA) is 79.0 Å². The molecule has 1 heterocycles. The summed E-state index contributed by atoms with van der Waals surface area (Å²) in [6.07, 6.45) is 0.832. The van der Waals surface area contributed by atoms with Gasteiger partial charge in [0.1, 0.15) is 5.75 Å². The number of hydrogen-bond acceptors (Lipinski definition) is 5. The number of carbonyl (C=O) groups excluding carboxylic acids is 3. The molecule has 2 rings (SSSR count). The predicted molar refractivity (Wildman–Crippen MR) is 98.3 cm³/mol. The zero-order chi connectivity index (χ0) is 18.9. The summed E-state index contributed by atoms with van der Waals surface area (Å²) in [5, 5.41) is 2.79. The predicted octanol–water partition coefficient (Wildman–Crippen LogP) is 0.938. The zero-order valence-electron chi connectivity index (χ0n) is 15.5. The molecule has 142 valence electrons. The van der Waals surface area contributed by atoms with E-state index in [-0.39, 0.29) is 24.2 Å². The van der Waals surface area contributed by atoms with E-state index in [4.69, 9.17) is 4.74 Å². The lowest BCUT2D eigenvalue weighted by molar-refractivity contribution is -0.133. The SMILES string of the molecule is CCNC(=O)CN1CCCN(C(=O)COc2ccc(C(C)=O)cc2)CC1. The monoisotopic (exact) mass is 361 g/mol. The van der Waals surface area contributed by atoms with Crippen molar-refractivity contribution < 1.29 is 19.1 Å². The van der Waals surface area contributed by atoms with Crippen LogP contribution in [0.4, 0.5) is 0 Å². The van der Waals surface area contributed by atoms with Gasteiger partial charge in [-0.15, -0.1) is 0 Å². The molecule has 0 aromatic heterocycles. The van der Waals surface area contributed by atoms with E-state index in [1.807, 2.05) is 6.92 Å². The molecular formula is C19H27N3O4. The lowest BCUT2D eigenvalue weighted by Crippen LogP contribution is -2.40. The van der Waals surface area contributed by atoms with Crippen molar-refractivity contribution >= 4 is 17.6 Å². The first-order chi connectivity index (χ1) is 12.5. The summed E-state index contributed by atoms with van der Waals surface area (Å²) in [6.45, 7) is 7.10.